The van der Waals surface area contributed by atoms with Crippen molar-refractivity contribution in [3.8, 4) is 0 Å². The van der Waals surface area contributed by atoms with Crippen molar-refractivity contribution in [1.29, 1.82) is 0 Å². The second-order valence-corrected chi connectivity index (χ2v) is 15.1. The van der Waals surface area contributed by atoms with Crippen LogP contribution in [-0.4, -0.2) is 70.0 Å². The van der Waals surface area contributed by atoms with Crippen LogP contribution in [0.2, 0.25) is 0 Å². The lowest BCUT2D eigenvalue weighted by Crippen LogP contribution is -2.37. The quantitative estimate of drug-likeness (QED) is 0.0215. The van der Waals surface area contributed by atoms with E-state index in [1.807, 2.05) is 63.7 Å². The second-order valence-electron chi connectivity index (χ2n) is 13.7. The van der Waals surface area contributed by atoms with Crippen LogP contribution in [0.25, 0.3) is 0 Å². The van der Waals surface area contributed by atoms with Gasteiger partial charge in [0.2, 0.25) is 0 Å². The summed E-state index contributed by atoms with van der Waals surface area (Å²) in [6.07, 6.45) is 41.9. The van der Waals surface area contributed by atoms with Crippen molar-refractivity contribution in [3.05, 3.63) is 85.1 Å². The van der Waals surface area contributed by atoms with Crippen LogP contribution in [0, 0.1) is 0 Å². The van der Waals surface area contributed by atoms with Gasteiger partial charge in [-0.05, 0) is 51.4 Å². The Morgan fingerprint density at radius 2 is 1.04 bits per heavy atom. The third-order valence-corrected chi connectivity index (χ3v) is 8.53. The molecule has 0 saturated heterocycles. The highest BCUT2D eigenvalue weighted by Crippen LogP contribution is 2.38. The van der Waals surface area contributed by atoms with E-state index in [0.717, 1.165) is 57.8 Å². The SMILES string of the molecule is CC/C=C/C=C/C=C/C=C/CCCCCC(=O)OC(COC(=O)CCCCCCCCC/C=C/C=C/C=C/CC)COP(=O)([O-])OCC[N+](C)(C)C. The largest absolute Gasteiger partial charge is 0.756 e. The minimum atomic E-state index is -4.64. The van der Waals surface area contributed by atoms with Gasteiger partial charge >= 0.3 is 11.9 Å². The van der Waals surface area contributed by atoms with E-state index < -0.39 is 32.5 Å². The van der Waals surface area contributed by atoms with Crippen LogP contribution in [0.3, 0.4) is 0 Å². The van der Waals surface area contributed by atoms with E-state index in [0.29, 0.717) is 23.9 Å². The molecule has 0 amide bonds. The zero-order valence-corrected chi connectivity index (χ0v) is 33.9. The van der Waals surface area contributed by atoms with Crippen molar-refractivity contribution in [2.45, 2.75) is 123 Å². The number of allylic oxidation sites excluding steroid dienone is 14. The molecule has 0 radical (unpaired) electrons. The van der Waals surface area contributed by atoms with Gasteiger partial charge in [0.05, 0.1) is 27.7 Å². The molecule has 52 heavy (non-hydrogen) atoms. The Hall–Kier alpha value is -2.81. The summed E-state index contributed by atoms with van der Waals surface area (Å²) in [6, 6.07) is 0. The molecule has 0 bridgehead atoms. The van der Waals surface area contributed by atoms with Crippen LogP contribution < -0.4 is 4.89 Å². The predicted octanol–water partition coefficient (Wildman–Crippen LogP) is 9.82. The van der Waals surface area contributed by atoms with Gasteiger partial charge in [-0.25, -0.2) is 0 Å². The Labute approximate surface area is 316 Å². The Morgan fingerprint density at radius 3 is 1.56 bits per heavy atom. The molecule has 0 spiro atoms. The number of carbonyl (C=O) groups is 2. The smallest absolute Gasteiger partial charge is 0.306 e. The molecule has 2 unspecified atom stereocenters. The molecule has 0 aromatic carbocycles. The summed E-state index contributed by atoms with van der Waals surface area (Å²) in [4.78, 5) is 37.4. The van der Waals surface area contributed by atoms with Crippen LogP contribution in [-0.2, 0) is 32.7 Å². The molecule has 0 N–H and O–H groups in total. The fraction of sp³-hybridized carbons (Fsp3) is 0.619. The second kappa shape index (κ2) is 34.0. The van der Waals surface area contributed by atoms with Crippen molar-refractivity contribution >= 4 is 19.8 Å². The van der Waals surface area contributed by atoms with E-state index in [2.05, 4.69) is 56.4 Å². The van der Waals surface area contributed by atoms with Gasteiger partial charge < -0.3 is 27.9 Å². The topological polar surface area (TPSA) is 111 Å². The number of likely N-dealkylation sites (N-methyl/N-ethyl adjacent to an activating group) is 1. The Morgan fingerprint density at radius 1 is 0.596 bits per heavy atom. The fourth-order valence-corrected chi connectivity index (χ4v) is 5.27. The van der Waals surface area contributed by atoms with Crippen LogP contribution in [0.15, 0.2) is 85.1 Å². The van der Waals surface area contributed by atoms with Gasteiger partial charge in [0.15, 0.2) is 6.10 Å². The summed E-state index contributed by atoms with van der Waals surface area (Å²) in [7, 11) is 1.11. The molecule has 0 saturated carbocycles. The van der Waals surface area contributed by atoms with E-state index >= 15 is 0 Å². The summed E-state index contributed by atoms with van der Waals surface area (Å²) >= 11 is 0. The van der Waals surface area contributed by atoms with Crippen molar-refractivity contribution in [2.24, 2.45) is 0 Å². The highest BCUT2D eigenvalue weighted by Gasteiger charge is 2.21. The Kier molecular flexibility index (Phi) is 32.2. The summed E-state index contributed by atoms with van der Waals surface area (Å²) in [6.45, 7) is 3.85. The number of esters is 2. The third kappa shape index (κ3) is 37.0. The molecule has 0 aliphatic heterocycles. The predicted molar refractivity (Wildman–Crippen MR) is 212 cm³/mol. The van der Waals surface area contributed by atoms with E-state index in [4.69, 9.17) is 18.5 Å². The Balaban J connectivity index is 4.53. The third-order valence-electron chi connectivity index (χ3n) is 7.57. The maximum absolute atomic E-state index is 12.6. The highest BCUT2D eigenvalue weighted by molar-refractivity contribution is 7.45. The number of quaternary nitrogens is 1. The highest BCUT2D eigenvalue weighted by atomic mass is 31.2. The van der Waals surface area contributed by atoms with Crippen molar-refractivity contribution in [3.63, 3.8) is 0 Å². The van der Waals surface area contributed by atoms with Gasteiger partial charge in [0, 0.05) is 12.8 Å². The lowest BCUT2D eigenvalue weighted by atomic mass is 10.1. The molecule has 0 aromatic rings. The normalized spacial score (nSPS) is 14.7. The number of hydrogen-bond acceptors (Lipinski definition) is 8. The van der Waals surface area contributed by atoms with Gasteiger partial charge in [-0.3, -0.25) is 14.2 Å². The fourth-order valence-electron chi connectivity index (χ4n) is 4.54. The van der Waals surface area contributed by atoms with Crippen molar-refractivity contribution in [1.82, 2.24) is 0 Å². The molecule has 0 fully saturated rings. The zero-order valence-electron chi connectivity index (χ0n) is 33.0. The molecule has 0 aliphatic rings. The van der Waals surface area contributed by atoms with Crippen molar-refractivity contribution < 1.29 is 42.1 Å². The molecule has 0 aromatic heterocycles. The minimum absolute atomic E-state index is 0.0462. The summed E-state index contributed by atoms with van der Waals surface area (Å²) in [5, 5.41) is 0. The average Bonchev–Trinajstić information content (AvgIpc) is 3.09. The van der Waals surface area contributed by atoms with Crippen LogP contribution in [0.5, 0.6) is 0 Å². The maximum Gasteiger partial charge on any atom is 0.306 e. The first-order chi connectivity index (χ1) is 25.0. The molecule has 0 heterocycles. The molecule has 2 atom stereocenters. The maximum atomic E-state index is 12.6. The number of phosphoric ester groups is 1. The Bertz CT molecular complexity index is 1160. The first-order valence-corrected chi connectivity index (χ1v) is 20.8. The minimum Gasteiger partial charge on any atom is -0.756 e. The first kappa shape index (κ1) is 49.2. The number of nitrogens with zero attached hydrogens (tertiary/aromatic N) is 1. The van der Waals surface area contributed by atoms with Gasteiger partial charge in [0.1, 0.15) is 19.8 Å². The number of rotatable bonds is 33. The van der Waals surface area contributed by atoms with Gasteiger partial charge in [-0.15, -0.1) is 0 Å². The van der Waals surface area contributed by atoms with Gasteiger partial charge in [0.25, 0.3) is 7.82 Å². The van der Waals surface area contributed by atoms with E-state index in [-0.39, 0.29) is 26.1 Å². The number of hydrogen-bond donors (Lipinski definition) is 0. The zero-order chi connectivity index (χ0) is 38.6. The van der Waals surface area contributed by atoms with Crippen LogP contribution in [0.1, 0.15) is 117 Å². The molecular weight excluding hydrogens is 677 g/mol. The lowest BCUT2D eigenvalue weighted by molar-refractivity contribution is -0.870. The van der Waals surface area contributed by atoms with E-state index in [1.165, 1.54) is 19.3 Å². The van der Waals surface area contributed by atoms with Gasteiger partial charge in [-0.1, -0.05) is 137 Å². The molecule has 296 valence electrons. The number of phosphoric acid groups is 1. The molecule has 10 heteroatoms. The molecule has 9 nitrogen and oxygen atoms in total. The average molecular weight is 748 g/mol. The standard InChI is InChI=1S/C42H70NO8P/c1-6-8-10-12-14-16-18-20-21-23-24-26-28-30-32-34-41(44)48-38-40(39-50-52(46,47)49-37-36-43(3,4)5)51-42(45)35-33-31-29-27-25-22-19-17-15-13-11-9-7-2/h8-19,22,25,40H,6-7,20-21,23-24,26-39H2,1-5H3/b10-8+,11-9+,14-12+,15-13+,18-16+,19-17+,25-22+. The number of unbranched alkanes of at least 4 members (excludes halogenated alkanes) is 10. The van der Waals surface area contributed by atoms with Gasteiger partial charge in [-0.2, -0.15) is 0 Å². The molecule has 0 aliphatic carbocycles. The number of carbonyl (C=O) groups excluding carboxylic acids is 2. The summed E-state index contributed by atoms with van der Waals surface area (Å²) in [5.41, 5.74) is 0. The summed E-state index contributed by atoms with van der Waals surface area (Å²) in [5.74, 6) is -0.907. The lowest BCUT2D eigenvalue weighted by Gasteiger charge is -2.28. The summed E-state index contributed by atoms with van der Waals surface area (Å²) < 4.78 is 33.7. The van der Waals surface area contributed by atoms with E-state index in [9.17, 15) is 19.0 Å². The van der Waals surface area contributed by atoms with Crippen LogP contribution >= 0.6 is 7.82 Å². The van der Waals surface area contributed by atoms with E-state index in [1.54, 1.807) is 0 Å². The number of ether oxygens (including phenoxy) is 2. The monoisotopic (exact) mass is 747 g/mol. The first-order valence-electron chi connectivity index (χ1n) is 19.4. The van der Waals surface area contributed by atoms with Crippen molar-refractivity contribution in [2.75, 3.05) is 47.5 Å². The molecular formula is C42H70NO8P. The molecule has 0 rings (SSSR count). The van der Waals surface area contributed by atoms with Crippen LogP contribution in [0.4, 0.5) is 0 Å².